The van der Waals surface area contributed by atoms with Crippen LogP contribution in [0.15, 0.2) is 29.2 Å². The van der Waals surface area contributed by atoms with Crippen molar-refractivity contribution in [3.63, 3.8) is 0 Å². The van der Waals surface area contributed by atoms with Crippen molar-refractivity contribution in [1.82, 2.24) is 4.90 Å². The molecule has 4 nitrogen and oxygen atoms in total. The Kier molecular flexibility index (Phi) is 5.31. The second-order valence-electron chi connectivity index (χ2n) is 5.24. The molecule has 2 amide bonds. The maximum Gasteiger partial charge on any atom is 0.322 e. The van der Waals surface area contributed by atoms with Crippen LogP contribution in [0.2, 0.25) is 0 Å². The first-order valence-electron chi connectivity index (χ1n) is 7.06. The van der Waals surface area contributed by atoms with Crippen LogP contribution < -0.4 is 5.32 Å². The zero-order chi connectivity index (χ0) is 14.5. The first kappa shape index (κ1) is 15.2. The van der Waals surface area contributed by atoms with Crippen LogP contribution in [0.3, 0.4) is 0 Å². The summed E-state index contributed by atoms with van der Waals surface area (Å²) in [6.45, 7) is 4.67. The summed E-state index contributed by atoms with van der Waals surface area (Å²) < 4.78 is 0. The molecule has 0 saturated heterocycles. The number of carbonyl (C=O) groups is 1. The summed E-state index contributed by atoms with van der Waals surface area (Å²) >= 11 is 1.73. The predicted octanol–water partition coefficient (Wildman–Crippen LogP) is 3.18. The molecule has 1 aromatic rings. The van der Waals surface area contributed by atoms with Gasteiger partial charge in [-0.25, -0.2) is 4.79 Å². The molecule has 0 aromatic heterocycles. The number of benzene rings is 1. The molecule has 1 aromatic carbocycles. The largest absolute Gasteiger partial charge is 0.395 e. The van der Waals surface area contributed by atoms with E-state index in [4.69, 9.17) is 5.11 Å². The maximum atomic E-state index is 12.3. The predicted molar refractivity (Wildman–Crippen MR) is 83.3 cm³/mol. The van der Waals surface area contributed by atoms with E-state index in [1.807, 2.05) is 24.3 Å². The van der Waals surface area contributed by atoms with Crippen LogP contribution in [0.4, 0.5) is 10.5 Å². The minimum atomic E-state index is -0.113. The number of aliphatic hydroxyl groups excluding tert-OH is 1. The molecule has 0 atom stereocenters. The second-order valence-corrected chi connectivity index (χ2v) is 6.86. The molecule has 20 heavy (non-hydrogen) atoms. The van der Waals surface area contributed by atoms with Crippen molar-refractivity contribution in [2.75, 3.05) is 18.5 Å². The summed E-state index contributed by atoms with van der Waals surface area (Å²) in [4.78, 5) is 15.1. The van der Waals surface area contributed by atoms with Gasteiger partial charge in [0.05, 0.1) is 12.3 Å². The zero-order valence-electron chi connectivity index (χ0n) is 12.0. The highest BCUT2D eigenvalue weighted by molar-refractivity contribution is 8.00. The van der Waals surface area contributed by atoms with E-state index in [1.54, 1.807) is 16.7 Å². The van der Waals surface area contributed by atoms with E-state index in [0.717, 1.165) is 23.4 Å². The van der Waals surface area contributed by atoms with Gasteiger partial charge < -0.3 is 15.3 Å². The fourth-order valence-corrected chi connectivity index (χ4v) is 2.97. The molecule has 1 aliphatic rings. The lowest BCUT2D eigenvalue weighted by Crippen LogP contribution is -2.38. The first-order valence-corrected chi connectivity index (χ1v) is 7.94. The monoisotopic (exact) mass is 294 g/mol. The van der Waals surface area contributed by atoms with Gasteiger partial charge in [-0.3, -0.25) is 0 Å². The number of nitrogens with zero attached hydrogens (tertiary/aromatic N) is 1. The van der Waals surface area contributed by atoms with Gasteiger partial charge in [-0.1, -0.05) is 26.0 Å². The Morgan fingerprint density at radius 3 is 2.75 bits per heavy atom. The van der Waals surface area contributed by atoms with Crippen molar-refractivity contribution >= 4 is 23.5 Å². The molecule has 0 radical (unpaired) electrons. The molecule has 1 fully saturated rings. The molecule has 1 aliphatic carbocycles. The molecule has 110 valence electrons. The minimum absolute atomic E-state index is 0.00626. The lowest BCUT2D eigenvalue weighted by molar-refractivity contribution is 0.185. The number of rotatable bonds is 6. The summed E-state index contributed by atoms with van der Waals surface area (Å²) in [7, 11) is 0. The third-order valence-electron chi connectivity index (χ3n) is 3.08. The number of carbonyl (C=O) groups excluding carboxylic acids is 1. The molecular formula is C15H22N2O2S. The maximum absolute atomic E-state index is 12.3. The zero-order valence-corrected chi connectivity index (χ0v) is 12.8. The fourth-order valence-electron chi connectivity index (χ4n) is 2.06. The van der Waals surface area contributed by atoms with Crippen LogP contribution in [0, 0.1) is 0 Å². The summed E-state index contributed by atoms with van der Waals surface area (Å²) in [6, 6.07) is 8.03. The molecule has 2 N–H and O–H groups in total. The number of thioether (sulfide) groups is 1. The standard InChI is InChI=1S/C15H22N2O2S/c1-11(2)20-14-6-4-3-5-13(14)16-15(19)17(9-10-18)12-7-8-12/h3-6,11-12,18H,7-10H2,1-2H3,(H,16,19). The topological polar surface area (TPSA) is 52.6 Å². The molecule has 0 spiro atoms. The SMILES string of the molecule is CC(C)Sc1ccccc1NC(=O)N(CCO)C1CC1. The van der Waals surface area contributed by atoms with Gasteiger partial charge in [-0.05, 0) is 25.0 Å². The van der Waals surface area contributed by atoms with Crippen LogP contribution >= 0.6 is 11.8 Å². The molecule has 2 rings (SSSR count). The summed E-state index contributed by atoms with van der Waals surface area (Å²) in [6.07, 6.45) is 2.08. The molecule has 0 heterocycles. The molecule has 0 unspecified atom stereocenters. The van der Waals surface area contributed by atoms with Gasteiger partial charge in [-0.2, -0.15) is 0 Å². The van der Waals surface area contributed by atoms with Crippen molar-refractivity contribution in [1.29, 1.82) is 0 Å². The number of hydrogen-bond donors (Lipinski definition) is 2. The van der Waals surface area contributed by atoms with Crippen LogP contribution in [-0.2, 0) is 0 Å². The van der Waals surface area contributed by atoms with Crippen molar-refractivity contribution < 1.29 is 9.90 Å². The molecule has 5 heteroatoms. The van der Waals surface area contributed by atoms with Crippen molar-refractivity contribution in [2.45, 2.75) is 42.9 Å². The number of aliphatic hydroxyl groups is 1. The highest BCUT2D eigenvalue weighted by atomic mass is 32.2. The van der Waals surface area contributed by atoms with E-state index >= 15 is 0 Å². The van der Waals surface area contributed by atoms with Gasteiger partial charge in [0.1, 0.15) is 0 Å². The Balaban J connectivity index is 2.06. The lowest BCUT2D eigenvalue weighted by Gasteiger charge is -2.22. The number of nitrogens with one attached hydrogen (secondary N) is 1. The average molecular weight is 294 g/mol. The average Bonchev–Trinajstić information content (AvgIpc) is 3.22. The summed E-state index contributed by atoms with van der Waals surface area (Å²) in [5.41, 5.74) is 0.847. The Hall–Kier alpha value is -1.20. The third-order valence-corrected chi connectivity index (χ3v) is 4.16. The Morgan fingerprint density at radius 2 is 2.15 bits per heavy atom. The van der Waals surface area contributed by atoms with Crippen molar-refractivity contribution in [2.24, 2.45) is 0 Å². The number of para-hydroxylation sites is 1. The third kappa shape index (κ3) is 4.15. The van der Waals surface area contributed by atoms with Crippen LogP contribution in [-0.4, -0.2) is 40.5 Å². The molecule has 1 saturated carbocycles. The van der Waals surface area contributed by atoms with Crippen molar-refractivity contribution in [3.8, 4) is 0 Å². The Morgan fingerprint density at radius 1 is 1.45 bits per heavy atom. The smallest absolute Gasteiger partial charge is 0.322 e. The van der Waals surface area contributed by atoms with E-state index in [1.165, 1.54) is 0 Å². The molecule has 0 aliphatic heterocycles. The molecular weight excluding hydrogens is 272 g/mol. The van der Waals surface area contributed by atoms with Gasteiger partial charge >= 0.3 is 6.03 Å². The highest BCUT2D eigenvalue weighted by Gasteiger charge is 2.32. The van der Waals surface area contributed by atoms with Crippen LogP contribution in [0.25, 0.3) is 0 Å². The quantitative estimate of drug-likeness (QED) is 0.792. The van der Waals surface area contributed by atoms with Crippen molar-refractivity contribution in [3.05, 3.63) is 24.3 Å². The van der Waals surface area contributed by atoms with E-state index in [0.29, 0.717) is 17.8 Å². The lowest BCUT2D eigenvalue weighted by atomic mass is 10.3. The number of hydrogen-bond acceptors (Lipinski definition) is 3. The Labute approximate surface area is 124 Å². The second kappa shape index (κ2) is 6.99. The first-order chi connectivity index (χ1) is 9.61. The van der Waals surface area contributed by atoms with Gasteiger partial charge in [0, 0.05) is 22.7 Å². The van der Waals surface area contributed by atoms with E-state index in [2.05, 4.69) is 19.2 Å². The van der Waals surface area contributed by atoms with Crippen LogP contribution in [0.1, 0.15) is 26.7 Å². The van der Waals surface area contributed by atoms with Gasteiger partial charge in [-0.15, -0.1) is 11.8 Å². The Bertz CT molecular complexity index is 461. The van der Waals surface area contributed by atoms with E-state index in [9.17, 15) is 4.79 Å². The number of urea groups is 1. The fraction of sp³-hybridized carbons (Fsp3) is 0.533. The van der Waals surface area contributed by atoms with E-state index in [-0.39, 0.29) is 12.6 Å². The van der Waals surface area contributed by atoms with E-state index < -0.39 is 0 Å². The summed E-state index contributed by atoms with van der Waals surface area (Å²) in [5.74, 6) is 0. The molecule has 0 bridgehead atoms. The number of amides is 2. The number of anilines is 1. The van der Waals surface area contributed by atoms with Gasteiger partial charge in [0.15, 0.2) is 0 Å². The van der Waals surface area contributed by atoms with Gasteiger partial charge in [0.2, 0.25) is 0 Å². The highest BCUT2D eigenvalue weighted by Crippen LogP contribution is 2.31. The van der Waals surface area contributed by atoms with Crippen LogP contribution in [0.5, 0.6) is 0 Å². The minimum Gasteiger partial charge on any atom is -0.395 e. The normalized spacial score (nSPS) is 14.4. The van der Waals surface area contributed by atoms with Gasteiger partial charge in [0.25, 0.3) is 0 Å². The summed E-state index contributed by atoms with van der Waals surface area (Å²) in [5, 5.41) is 12.5.